The first-order valence-electron chi connectivity index (χ1n) is 6.89. The van der Waals surface area contributed by atoms with Crippen LogP contribution in [0.1, 0.15) is 18.2 Å². The second-order valence-corrected chi connectivity index (χ2v) is 5.87. The largest absolute Gasteiger partial charge is 0.363 e. The lowest BCUT2D eigenvalue weighted by atomic mass is 10.0. The molecule has 6 nitrogen and oxygen atoms in total. The van der Waals surface area contributed by atoms with Gasteiger partial charge in [-0.05, 0) is 13.8 Å². The van der Waals surface area contributed by atoms with Gasteiger partial charge in [-0.1, -0.05) is 0 Å². The van der Waals surface area contributed by atoms with Crippen LogP contribution in [0.5, 0.6) is 0 Å². The van der Waals surface area contributed by atoms with Crippen LogP contribution in [-0.4, -0.2) is 64.9 Å². The highest BCUT2D eigenvalue weighted by molar-refractivity contribution is 5.84. The van der Waals surface area contributed by atoms with Gasteiger partial charge in [0.05, 0.1) is 12.8 Å². The summed E-state index contributed by atoms with van der Waals surface area (Å²) in [5.74, 6) is 0.0186. The summed E-state index contributed by atoms with van der Waals surface area (Å²) in [6.45, 7) is 6.77. The van der Waals surface area contributed by atoms with Crippen LogP contribution in [0.25, 0.3) is 0 Å². The fraction of sp³-hybridized carbons (Fsp3) is 0.714. The summed E-state index contributed by atoms with van der Waals surface area (Å²) in [5, 5.41) is 4.26. The maximum absolute atomic E-state index is 12.2. The maximum Gasteiger partial charge on any atom is 0.255 e. The third-order valence-corrected chi connectivity index (χ3v) is 3.94. The molecule has 0 bridgehead atoms. The highest BCUT2D eigenvalue weighted by Crippen LogP contribution is 2.21. The number of ether oxygens (including phenoxy) is 1. The minimum atomic E-state index is -0.752. The standard InChI is InChI=1S/C14H24N4O2/c1-11-12(8-15-17(11)5)9-18-6-7-20-14(2,10-18)13(19)16(3)4/h8H,6-7,9-10H2,1-5H3/t14-/m0/s1. The van der Waals surface area contributed by atoms with E-state index in [2.05, 4.69) is 16.9 Å². The van der Waals surface area contributed by atoms with Gasteiger partial charge < -0.3 is 9.64 Å². The molecule has 0 aromatic carbocycles. The first kappa shape index (κ1) is 15.0. The Kier molecular flexibility index (Phi) is 4.15. The molecule has 1 aliphatic rings. The number of nitrogens with zero attached hydrogens (tertiary/aromatic N) is 4. The van der Waals surface area contributed by atoms with Crippen LogP contribution < -0.4 is 0 Å². The molecule has 112 valence electrons. The normalized spacial score (nSPS) is 23.9. The molecule has 1 amide bonds. The van der Waals surface area contributed by atoms with Crippen molar-refractivity contribution in [2.75, 3.05) is 33.8 Å². The van der Waals surface area contributed by atoms with Crippen molar-refractivity contribution in [1.29, 1.82) is 0 Å². The number of carbonyl (C=O) groups is 1. The van der Waals surface area contributed by atoms with Crippen molar-refractivity contribution in [3.05, 3.63) is 17.5 Å². The number of aromatic nitrogens is 2. The van der Waals surface area contributed by atoms with Crippen LogP contribution in [0.2, 0.25) is 0 Å². The molecular weight excluding hydrogens is 256 g/mol. The third-order valence-electron chi connectivity index (χ3n) is 3.94. The third kappa shape index (κ3) is 2.86. The Morgan fingerprint density at radius 3 is 2.80 bits per heavy atom. The topological polar surface area (TPSA) is 50.6 Å². The fourth-order valence-electron chi connectivity index (χ4n) is 2.63. The first-order valence-corrected chi connectivity index (χ1v) is 6.89. The predicted molar refractivity (Wildman–Crippen MR) is 76.3 cm³/mol. The second kappa shape index (κ2) is 5.54. The van der Waals surface area contributed by atoms with Gasteiger partial charge in [-0.25, -0.2) is 0 Å². The van der Waals surface area contributed by atoms with Gasteiger partial charge in [0.2, 0.25) is 0 Å². The molecule has 1 fully saturated rings. The van der Waals surface area contributed by atoms with E-state index in [0.717, 1.165) is 18.8 Å². The summed E-state index contributed by atoms with van der Waals surface area (Å²) in [6.07, 6.45) is 1.90. The van der Waals surface area contributed by atoms with Crippen molar-refractivity contribution in [2.24, 2.45) is 7.05 Å². The molecular formula is C14H24N4O2. The van der Waals surface area contributed by atoms with Gasteiger partial charge in [-0.15, -0.1) is 0 Å². The van der Waals surface area contributed by atoms with Gasteiger partial charge >= 0.3 is 0 Å². The van der Waals surface area contributed by atoms with Gasteiger partial charge in [-0.3, -0.25) is 14.4 Å². The molecule has 0 radical (unpaired) electrons. The van der Waals surface area contributed by atoms with Crippen LogP contribution >= 0.6 is 0 Å². The van der Waals surface area contributed by atoms with Crippen LogP contribution in [0.15, 0.2) is 6.20 Å². The number of hydrogen-bond donors (Lipinski definition) is 0. The van der Waals surface area contributed by atoms with Crippen LogP contribution in [0.4, 0.5) is 0 Å². The molecule has 1 aromatic rings. The average molecular weight is 280 g/mol. The second-order valence-electron chi connectivity index (χ2n) is 5.87. The Bertz CT molecular complexity index is 497. The monoisotopic (exact) mass is 280 g/mol. The molecule has 0 spiro atoms. The summed E-state index contributed by atoms with van der Waals surface area (Å²) in [6, 6.07) is 0. The highest BCUT2D eigenvalue weighted by atomic mass is 16.5. The number of carbonyl (C=O) groups excluding carboxylic acids is 1. The summed E-state index contributed by atoms with van der Waals surface area (Å²) in [4.78, 5) is 16.1. The average Bonchev–Trinajstić information content (AvgIpc) is 2.70. The minimum Gasteiger partial charge on any atom is -0.363 e. The molecule has 0 N–H and O–H groups in total. The smallest absolute Gasteiger partial charge is 0.255 e. The van der Waals surface area contributed by atoms with E-state index >= 15 is 0 Å². The zero-order chi connectivity index (χ0) is 14.9. The zero-order valence-corrected chi connectivity index (χ0v) is 13.0. The van der Waals surface area contributed by atoms with Crippen molar-refractivity contribution in [3.63, 3.8) is 0 Å². The zero-order valence-electron chi connectivity index (χ0n) is 13.0. The van der Waals surface area contributed by atoms with E-state index in [1.54, 1.807) is 19.0 Å². The number of aryl methyl sites for hydroxylation is 1. The molecule has 2 heterocycles. The number of likely N-dealkylation sites (N-methyl/N-ethyl adjacent to an activating group) is 1. The lowest BCUT2D eigenvalue weighted by Crippen LogP contribution is -2.57. The van der Waals surface area contributed by atoms with Crippen LogP contribution in [0, 0.1) is 6.92 Å². The Balaban J connectivity index is 2.07. The van der Waals surface area contributed by atoms with E-state index < -0.39 is 5.60 Å². The van der Waals surface area contributed by atoms with Gasteiger partial charge in [0, 0.05) is 52.0 Å². The number of morpholine rings is 1. The van der Waals surface area contributed by atoms with E-state index in [0.29, 0.717) is 13.2 Å². The predicted octanol–water partition coefficient (Wildman–Crippen LogP) is 0.408. The van der Waals surface area contributed by atoms with Crippen LogP contribution in [-0.2, 0) is 23.1 Å². The Hall–Kier alpha value is -1.40. The molecule has 1 aliphatic heterocycles. The van der Waals surface area contributed by atoms with Crippen molar-refractivity contribution in [1.82, 2.24) is 19.6 Å². The molecule has 0 unspecified atom stereocenters. The van der Waals surface area contributed by atoms with Crippen molar-refractivity contribution in [3.8, 4) is 0 Å². The molecule has 0 aliphatic carbocycles. The molecule has 6 heteroatoms. The molecule has 2 rings (SSSR count). The molecule has 1 atom stereocenters. The summed E-state index contributed by atoms with van der Waals surface area (Å²) in [7, 11) is 5.47. The van der Waals surface area contributed by atoms with E-state index in [9.17, 15) is 4.79 Å². The lowest BCUT2D eigenvalue weighted by molar-refractivity contribution is -0.165. The number of rotatable bonds is 3. The number of hydrogen-bond acceptors (Lipinski definition) is 4. The Morgan fingerprint density at radius 1 is 1.55 bits per heavy atom. The van der Waals surface area contributed by atoms with Gasteiger partial charge in [-0.2, -0.15) is 5.10 Å². The van der Waals surface area contributed by atoms with Gasteiger partial charge in [0.25, 0.3) is 5.91 Å². The van der Waals surface area contributed by atoms with Gasteiger partial charge in [0.15, 0.2) is 5.60 Å². The van der Waals surface area contributed by atoms with E-state index in [1.165, 1.54) is 5.56 Å². The molecule has 20 heavy (non-hydrogen) atoms. The van der Waals surface area contributed by atoms with Crippen LogP contribution in [0.3, 0.4) is 0 Å². The fourth-order valence-corrected chi connectivity index (χ4v) is 2.63. The molecule has 1 aromatic heterocycles. The SMILES string of the molecule is Cc1c(CN2CCO[C@](C)(C(=O)N(C)C)C2)cnn1C. The molecule has 1 saturated heterocycles. The quantitative estimate of drug-likeness (QED) is 0.804. The van der Waals surface area contributed by atoms with E-state index in [1.807, 2.05) is 24.9 Å². The minimum absolute atomic E-state index is 0.0186. The van der Waals surface area contributed by atoms with Crippen molar-refractivity contribution in [2.45, 2.75) is 26.0 Å². The number of amides is 1. The summed E-state index contributed by atoms with van der Waals surface area (Å²) < 4.78 is 7.61. The van der Waals surface area contributed by atoms with Crippen molar-refractivity contribution >= 4 is 5.91 Å². The Morgan fingerprint density at radius 2 is 2.25 bits per heavy atom. The lowest BCUT2D eigenvalue weighted by Gasteiger charge is -2.40. The first-order chi connectivity index (χ1) is 9.33. The maximum atomic E-state index is 12.2. The summed E-state index contributed by atoms with van der Waals surface area (Å²) >= 11 is 0. The highest BCUT2D eigenvalue weighted by Gasteiger charge is 2.40. The van der Waals surface area contributed by atoms with Crippen molar-refractivity contribution < 1.29 is 9.53 Å². The summed E-state index contributed by atoms with van der Waals surface area (Å²) in [5.41, 5.74) is 1.61. The van der Waals surface area contributed by atoms with E-state index in [-0.39, 0.29) is 5.91 Å². The van der Waals surface area contributed by atoms with E-state index in [4.69, 9.17) is 4.74 Å². The Labute approximate surface area is 120 Å². The molecule has 0 saturated carbocycles. The van der Waals surface area contributed by atoms with Gasteiger partial charge in [0.1, 0.15) is 0 Å².